The first-order valence-electron chi connectivity index (χ1n) is 7.36. The number of hydrogen-bond donors (Lipinski definition) is 1. The Morgan fingerprint density at radius 2 is 2.14 bits per heavy atom. The Balaban J connectivity index is 2.02. The average molecular weight is 293 g/mol. The van der Waals surface area contributed by atoms with Crippen LogP contribution in [0.25, 0.3) is 0 Å². The number of likely N-dealkylation sites (tertiary alicyclic amines) is 1. The van der Waals surface area contributed by atoms with Crippen LogP contribution in [0.2, 0.25) is 0 Å². The van der Waals surface area contributed by atoms with Crippen molar-refractivity contribution in [3.8, 4) is 0 Å². The summed E-state index contributed by atoms with van der Waals surface area (Å²) in [6.07, 6.45) is 3.66. The molecular formula is C16H23NO4. The van der Waals surface area contributed by atoms with E-state index in [2.05, 4.69) is 20.8 Å². The van der Waals surface area contributed by atoms with E-state index in [9.17, 15) is 9.59 Å². The van der Waals surface area contributed by atoms with Crippen molar-refractivity contribution in [1.29, 1.82) is 0 Å². The van der Waals surface area contributed by atoms with Crippen LogP contribution in [0, 0.1) is 11.3 Å². The lowest BCUT2D eigenvalue weighted by Crippen LogP contribution is -2.30. The molecule has 0 aromatic carbocycles. The lowest BCUT2D eigenvalue weighted by atomic mass is 9.77. The van der Waals surface area contributed by atoms with Crippen LogP contribution in [-0.2, 0) is 11.3 Å². The van der Waals surface area contributed by atoms with E-state index in [-0.39, 0.29) is 16.9 Å². The molecule has 21 heavy (non-hydrogen) atoms. The zero-order chi connectivity index (χ0) is 15.6. The molecule has 0 bridgehead atoms. The van der Waals surface area contributed by atoms with Crippen LogP contribution in [0.1, 0.15) is 56.2 Å². The molecule has 1 aromatic heterocycles. The highest BCUT2D eigenvalue weighted by Crippen LogP contribution is 2.34. The highest BCUT2D eigenvalue weighted by Gasteiger charge is 2.30. The minimum atomic E-state index is -1.01. The molecule has 5 heteroatoms. The number of carboxylic acid groups (broad SMARTS) is 1. The number of nitrogens with zero attached hydrogens (tertiary/aromatic N) is 1. The lowest BCUT2D eigenvalue weighted by molar-refractivity contribution is -0.131. The van der Waals surface area contributed by atoms with E-state index in [1.54, 1.807) is 4.90 Å². The first-order chi connectivity index (χ1) is 9.77. The first kappa shape index (κ1) is 15.6. The summed E-state index contributed by atoms with van der Waals surface area (Å²) in [5.74, 6) is 0.155. The van der Waals surface area contributed by atoms with Gasteiger partial charge >= 0.3 is 5.97 Å². The molecular weight excluding hydrogens is 270 g/mol. The SMILES string of the molecule is CC(C)(C)C1CCC(=O)N(Cc2cc(C(=O)O)co2)CC1. The molecule has 0 spiro atoms. The second kappa shape index (κ2) is 5.92. The van der Waals surface area contributed by atoms with Crippen LogP contribution < -0.4 is 0 Å². The van der Waals surface area contributed by atoms with Crippen LogP contribution in [0.3, 0.4) is 0 Å². The van der Waals surface area contributed by atoms with Gasteiger partial charge in [-0.3, -0.25) is 4.79 Å². The van der Waals surface area contributed by atoms with Crippen molar-refractivity contribution < 1.29 is 19.1 Å². The summed E-state index contributed by atoms with van der Waals surface area (Å²) < 4.78 is 5.24. The molecule has 2 rings (SSSR count). The fourth-order valence-electron chi connectivity index (χ4n) is 2.83. The molecule has 1 aliphatic rings. The van der Waals surface area contributed by atoms with Crippen LogP contribution in [0.5, 0.6) is 0 Å². The zero-order valence-corrected chi connectivity index (χ0v) is 12.9. The third kappa shape index (κ3) is 3.86. The Kier molecular flexibility index (Phi) is 4.40. The minimum Gasteiger partial charge on any atom is -0.478 e. The Labute approximate surface area is 124 Å². The molecule has 0 radical (unpaired) electrons. The standard InChI is InChI=1S/C16H23NO4/c1-16(2,3)12-4-5-14(18)17(7-6-12)9-13-8-11(10-21-13)15(19)20/h8,10,12H,4-7,9H2,1-3H3,(H,19,20). The van der Waals surface area contributed by atoms with Crippen molar-refractivity contribution in [2.24, 2.45) is 11.3 Å². The summed E-state index contributed by atoms with van der Waals surface area (Å²) in [4.78, 5) is 24.8. The van der Waals surface area contributed by atoms with E-state index >= 15 is 0 Å². The van der Waals surface area contributed by atoms with Crippen LogP contribution in [0.15, 0.2) is 16.7 Å². The molecule has 116 valence electrons. The van der Waals surface area contributed by atoms with Gasteiger partial charge in [0.05, 0.1) is 12.1 Å². The maximum absolute atomic E-state index is 12.2. The van der Waals surface area contributed by atoms with Gasteiger partial charge in [0.2, 0.25) is 5.91 Å². The fourth-order valence-corrected chi connectivity index (χ4v) is 2.83. The molecule has 1 N–H and O–H groups in total. The normalized spacial score (nSPS) is 20.4. The van der Waals surface area contributed by atoms with E-state index in [1.165, 1.54) is 12.3 Å². The Morgan fingerprint density at radius 1 is 1.43 bits per heavy atom. The molecule has 1 aliphatic heterocycles. The van der Waals surface area contributed by atoms with Gasteiger partial charge in [-0.25, -0.2) is 4.79 Å². The highest BCUT2D eigenvalue weighted by molar-refractivity contribution is 5.87. The third-order valence-electron chi connectivity index (χ3n) is 4.28. The zero-order valence-electron chi connectivity index (χ0n) is 12.9. The molecule has 2 heterocycles. The monoisotopic (exact) mass is 293 g/mol. The fraction of sp³-hybridized carbons (Fsp3) is 0.625. The maximum Gasteiger partial charge on any atom is 0.338 e. The van der Waals surface area contributed by atoms with Crippen molar-refractivity contribution in [3.63, 3.8) is 0 Å². The highest BCUT2D eigenvalue weighted by atomic mass is 16.4. The number of hydrogen-bond acceptors (Lipinski definition) is 3. The van der Waals surface area contributed by atoms with Gasteiger partial charge < -0.3 is 14.4 Å². The maximum atomic E-state index is 12.2. The molecule has 0 saturated carbocycles. The van der Waals surface area contributed by atoms with E-state index in [0.29, 0.717) is 31.2 Å². The first-order valence-corrected chi connectivity index (χ1v) is 7.36. The second-order valence-corrected chi connectivity index (χ2v) is 6.81. The predicted octanol–water partition coefficient (Wildman–Crippen LogP) is 3.15. The topological polar surface area (TPSA) is 70.8 Å². The largest absolute Gasteiger partial charge is 0.478 e. The van der Waals surface area contributed by atoms with Gasteiger partial charge in [-0.05, 0) is 30.2 Å². The number of amides is 1. The molecule has 0 aliphatic carbocycles. The van der Waals surface area contributed by atoms with Gasteiger partial charge in [-0.1, -0.05) is 20.8 Å². The summed E-state index contributed by atoms with van der Waals surface area (Å²) >= 11 is 0. The lowest BCUT2D eigenvalue weighted by Gasteiger charge is -2.29. The number of carboxylic acids is 1. The smallest absolute Gasteiger partial charge is 0.338 e. The van der Waals surface area contributed by atoms with Gasteiger partial charge in [0.15, 0.2) is 0 Å². The summed E-state index contributed by atoms with van der Waals surface area (Å²) in [5.41, 5.74) is 0.331. The second-order valence-electron chi connectivity index (χ2n) is 6.81. The molecule has 5 nitrogen and oxygen atoms in total. The van der Waals surface area contributed by atoms with Crippen LogP contribution >= 0.6 is 0 Å². The van der Waals surface area contributed by atoms with Crippen molar-refractivity contribution in [1.82, 2.24) is 4.90 Å². The van der Waals surface area contributed by atoms with E-state index in [4.69, 9.17) is 9.52 Å². The van der Waals surface area contributed by atoms with Gasteiger partial charge in [-0.15, -0.1) is 0 Å². The Hall–Kier alpha value is -1.78. The summed E-state index contributed by atoms with van der Waals surface area (Å²) in [6.45, 7) is 7.68. The van der Waals surface area contributed by atoms with Crippen molar-refractivity contribution in [3.05, 3.63) is 23.7 Å². The third-order valence-corrected chi connectivity index (χ3v) is 4.28. The summed E-state index contributed by atoms with van der Waals surface area (Å²) in [7, 11) is 0. The molecule has 1 atom stereocenters. The molecule has 1 fully saturated rings. The molecule has 1 unspecified atom stereocenters. The minimum absolute atomic E-state index is 0.120. The van der Waals surface area contributed by atoms with E-state index in [0.717, 1.165) is 12.8 Å². The van der Waals surface area contributed by atoms with Gasteiger partial charge in [0.1, 0.15) is 12.0 Å². The van der Waals surface area contributed by atoms with E-state index < -0.39 is 5.97 Å². The predicted molar refractivity (Wildman–Crippen MR) is 77.9 cm³/mol. The Morgan fingerprint density at radius 3 is 2.71 bits per heavy atom. The molecule has 1 amide bonds. The summed E-state index contributed by atoms with van der Waals surface area (Å²) in [6, 6.07) is 1.49. The van der Waals surface area contributed by atoms with E-state index in [1.807, 2.05) is 0 Å². The van der Waals surface area contributed by atoms with Crippen LogP contribution in [0.4, 0.5) is 0 Å². The quantitative estimate of drug-likeness (QED) is 0.929. The van der Waals surface area contributed by atoms with Crippen molar-refractivity contribution >= 4 is 11.9 Å². The number of carbonyl (C=O) groups is 2. The van der Waals surface area contributed by atoms with Gasteiger partial charge in [0, 0.05) is 13.0 Å². The average Bonchev–Trinajstić information content (AvgIpc) is 2.76. The van der Waals surface area contributed by atoms with Crippen LogP contribution in [-0.4, -0.2) is 28.4 Å². The van der Waals surface area contributed by atoms with Gasteiger partial charge in [-0.2, -0.15) is 0 Å². The number of carbonyl (C=O) groups excluding carboxylic acids is 1. The van der Waals surface area contributed by atoms with Crippen molar-refractivity contribution in [2.45, 2.75) is 46.6 Å². The van der Waals surface area contributed by atoms with Crippen molar-refractivity contribution in [2.75, 3.05) is 6.54 Å². The summed E-state index contributed by atoms with van der Waals surface area (Å²) in [5, 5.41) is 8.88. The number of rotatable bonds is 3. The number of aromatic carboxylic acids is 1. The number of furan rings is 1. The molecule has 1 aromatic rings. The Bertz CT molecular complexity index is 527. The molecule has 1 saturated heterocycles. The van der Waals surface area contributed by atoms with Gasteiger partial charge in [0.25, 0.3) is 0 Å².